The minimum Gasteiger partial charge on any atom is -0.497 e. The number of carbonyl (C=O) groups is 1. The van der Waals surface area contributed by atoms with Crippen LogP contribution in [0.5, 0.6) is 5.75 Å². The zero-order chi connectivity index (χ0) is 16.8. The molecule has 1 amide bonds. The number of nitrogens with zero attached hydrogens (tertiary/aromatic N) is 1. The SMILES string of the molecule is COc1cccc(C(CNC(=O)C2CCCO2)N2CCOCC2)c1. The molecular weight excluding hydrogens is 308 g/mol. The highest BCUT2D eigenvalue weighted by atomic mass is 16.5. The van der Waals surface area contributed by atoms with Gasteiger partial charge in [0.05, 0.1) is 26.4 Å². The molecule has 0 aliphatic carbocycles. The van der Waals surface area contributed by atoms with Crippen LogP contribution in [0.15, 0.2) is 24.3 Å². The summed E-state index contributed by atoms with van der Waals surface area (Å²) in [6, 6.07) is 8.16. The van der Waals surface area contributed by atoms with Crippen molar-refractivity contribution in [3.8, 4) is 5.75 Å². The van der Waals surface area contributed by atoms with Crippen molar-refractivity contribution in [2.75, 3.05) is 46.6 Å². The first-order valence-electron chi connectivity index (χ1n) is 8.63. The second kappa shape index (κ2) is 8.46. The van der Waals surface area contributed by atoms with E-state index in [0.717, 1.165) is 50.5 Å². The van der Waals surface area contributed by atoms with Gasteiger partial charge in [-0.2, -0.15) is 0 Å². The predicted molar refractivity (Wildman–Crippen MR) is 90.1 cm³/mol. The highest BCUT2D eigenvalue weighted by molar-refractivity contribution is 5.81. The maximum atomic E-state index is 12.3. The molecule has 2 aliphatic rings. The molecule has 6 nitrogen and oxygen atoms in total. The molecule has 2 fully saturated rings. The number of hydrogen-bond donors (Lipinski definition) is 1. The molecule has 1 aromatic carbocycles. The molecule has 2 heterocycles. The fourth-order valence-corrected chi connectivity index (χ4v) is 3.29. The minimum absolute atomic E-state index is 0.00587. The lowest BCUT2D eigenvalue weighted by atomic mass is 10.0. The zero-order valence-corrected chi connectivity index (χ0v) is 14.2. The van der Waals surface area contributed by atoms with Crippen molar-refractivity contribution < 1.29 is 19.0 Å². The average molecular weight is 334 g/mol. The van der Waals surface area contributed by atoms with E-state index < -0.39 is 0 Å². The Morgan fingerprint density at radius 2 is 2.21 bits per heavy atom. The molecule has 0 aromatic heterocycles. The largest absolute Gasteiger partial charge is 0.497 e. The van der Waals surface area contributed by atoms with E-state index in [0.29, 0.717) is 13.2 Å². The van der Waals surface area contributed by atoms with Gasteiger partial charge in [0, 0.05) is 26.2 Å². The summed E-state index contributed by atoms with van der Waals surface area (Å²) in [7, 11) is 1.67. The zero-order valence-electron chi connectivity index (χ0n) is 14.2. The second-order valence-corrected chi connectivity index (χ2v) is 6.19. The van der Waals surface area contributed by atoms with Gasteiger partial charge >= 0.3 is 0 Å². The molecular formula is C18H26N2O4. The van der Waals surface area contributed by atoms with Crippen LogP contribution in [0.1, 0.15) is 24.4 Å². The molecule has 132 valence electrons. The van der Waals surface area contributed by atoms with Crippen molar-refractivity contribution in [3.63, 3.8) is 0 Å². The Labute approximate surface area is 143 Å². The van der Waals surface area contributed by atoms with Gasteiger partial charge in [0.2, 0.25) is 5.91 Å². The number of ether oxygens (including phenoxy) is 3. The molecule has 0 radical (unpaired) electrons. The number of hydrogen-bond acceptors (Lipinski definition) is 5. The Bertz CT molecular complexity index is 540. The Hall–Kier alpha value is -1.63. The Kier molecular flexibility index (Phi) is 6.07. The topological polar surface area (TPSA) is 60.0 Å². The van der Waals surface area contributed by atoms with Crippen LogP contribution in [0, 0.1) is 0 Å². The number of nitrogens with one attached hydrogen (secondary N) is 1. The molecule has 2 unspecified atom stereocenters. The van der Waals surface area contributed by atoms with Gasteiger partial charge in [-0.15, -0.1) is 0 Å². The molecule has 1 aromatic rings. The molecule has 0 bridgehead atoms. The van der Waals surface area contributed by atoms with Gasteiger partial charge in [-0.1, -0.05) is 12.1 Å². The first kappa shape index (κ1) is 17.2. The van der Waals surface area contributed by atoms with Crippen LogP contribution in [0.25, 0.3) is 0 Å². The van der Waals surface area contributed by atoms with Crippen molar-refractivity contribution >= 4 is 5.91 Å². The number of rotatable bonds is 6. The van der Waals surface area contributed by atoms with E-state index >= 15 is 0 Å². The molecule has 1 N–H and O–H groups in total. The summed E-state index contributed by atoms with van der Waals surface area (Å²) in [6.45, 7) is 4.41. The summed E-state index contributed by atoms with van der Waals surface area (Å²) in [5.74, 6) is 0.824. The van der Waals surface area contributed by atoms with E-state index in [-0.39, 0.29) is 18.1 Å². The summed E-state index contributed by atoms with van der Waals surface area (Å²) < 4.78 is 16.3. The molecule has 24 heavy (non-hydrogen) atoms. The fraction of sp³-hybridized carbons (Fsp3) is 0.611. The van der Waals surface area contributed by atoms with Gasteiger partial charge in [-0.05, 0) is 30.5 Å². The Morgan fingerprint density at radius 3 is 2.92 bits per heavy atom. The molecule has 0 saturated carbocycles. The van der Waals surface area contributed by atoms with Gasteiger partial charge in [0.1, 0.15) is 11.9 Å². The van der Waals surface area contributed by atoms with Crippen LogP contribution in [0.3, 0.4) is 0 Å². The normalized spacial score (nSPS) is 23.0. The maximum Gasteiger partial charge on any atom is 0.249 e. The standard InChI is InChI=1S/C18H26N2O4/c1-22-15-5-2-4-14(12-15)16(20-7-10-23-11-8-20)13-19-18(21)17-6-3-9-24-17/h2,4-5,12,16-17H,3,6-11,13H2,1H3,(H,19,21). The molecule has 2 aliphatic heterocycles. The van der Waals surface area contributed by atoms with Crippen LogP contribution >= 0.6 is 0 Å². The van der Waals surface area contributed by atoms with E-state index in [9.17, 15) is 4.79 Å². The Morgan fingerprint density at radius 1 is 1.38 bits per heavy atom. The van der Waals surface area contributed by atoms with Gasteiger partial charge in [0.25, 0.3) is 0 Å². The summed E-state index contributed by atoms with van der Waals surface area (Å²) in [6.07, 6.45) is 1.48. The number of amides is 1. The highest BCUT2D eigenvalue weighted by Gasteiger charge is 2.27. The van der Waals surface area contributed by atoms with Gasteiger partial charge < -0.3 is 19.5 Å². The third-order valence-corrected chi connectivity index (χ3v) is 4.66. The van der Waals surface area contributed by atoms with Crippen molar-refractivity contribution in [2.45, 2.75) is 25.0 Å². The van der Waals surface area contributed by atoms with Crippen LogP contribution in [-0.4, -0.2) is 63.5 Å². The molecule has 3 rings (SSSR count). The van der Waals surface area contributed by atoms with E-state index in [2.05, 4.69) is 16.3 Å². The van der Waals surface area contributed by atoms with Crippen molar-refractivity contribution in [1.29, 1.82) is 0 Å². The van der Waals surface area contributed by atoms with Gasteiger partial charge in [-0.3, -0.25) is 9.69 Å². The summed E-state index contributed by atoms with van der Waals surface area (Å²) in [5.41, 5.74) is 1.14. The van der Waals surface area contributed by atoms with Crippen molar-refractivity contribution in [1.82, 2.24) is 10.2 Å². The quantitative estimate of drug-likeness (QED) is 0.851. The second-order valence-electron chi connectivity index (χ2n) is 6.19. The van der Waals surface area contributed by atoms with E-state index in [1.54, 1.807) is 7.11 Å². The maximum absolute atomic E-state index is 12.3. The monoisotopic (exact) mass is 334 g/mol. The van der Waals surface area contributed by atoms with E-state index in [1.807, 2.05) is 18.2 Å². The lowest BCUT2D eigenvalue weighted by Gasteiger charge is -2.35. The number of carbonyl (C=O) groups excluding carboxylic acids is 1. The van der Waals surface area contributed by atoms with Crippen LogP contribution in [0.2, 0.25) is 0 Å². The number of benzene rings is 1. The number of methoxy groups -OCH3 is 1. The summed E-state index contributed by atoms with van der Waals surface area (Å²) >= 11 is 0. The first-order valence-corrected chi connectivity index (χ1v) is 8.63. The Balaban J connectivity index is 1.70. The van der Waals surface area contributed by atoms with Crippen LogP contribution in [-0.2, 0) is 14.3 Å². The third kappa shape index (κ3) is 4.26. The molecule has 2 saturated heterocycles. The van der Waals surface area contributed by atoms with E-state index in [4.69, 9.17) is 14.2 Å². The fourth-order valence-electron chi connectivity index (χ4n) is 3.29. The molecule has 6 heteroatoms. The van der Waals surface area contributed by atoms with Crippen LogP contribution < -0.4 is 10.1 Å². The van der Waals surface area contributed by atoms with Crippen molar-refractivity contribution in [2.24, 2.45) is 0 Å². The smallest absolute Gasteiger partial charge is 0.249 e. The summed E-state index contributed by atoms with van der Waals surface area (Å²) in [4.78, 5) is 14.6. The van der Waals surface area contributed by atoms with Crippen LogP contribution in [0.4, 0.5) is 0 Å². The molecule has 2 atom stereocenters. The minimum atomic E-state index is -0.291. The lowest BCUT2D eigenvalue weighted by molar-refractivity contribution is -0.130. The van der Waals surface area contributed by atoms with Gasteiger partial charge in [-0.25, -0.2) is 0 Å². The third-order valence-electron chi connectivity index (χ3n) is 4.66. The molecule has 0 spiro atoms. The van der Waals surface area contributed by atoms with E-state index in [1.165, 1.54) is 0 Å². The number of morpholine rings is 1. The average Bonchev–Trinajstić information content (AvgIpc) is 3.18. The predicted octanol–water partition coefficient (Wildman–Crippen LogP) is 1.36. The lowest BCUT2D eigenvalue weighted by Crippen LogP contribution is -2.45. The van der Waals surface area contributed by atoms with Gasteiger partial charge in [0.15, 0.2) is 0 Å². The van der Waals surface area contributed by atoms with Crippen molar-refractivity contribution in [3.05, 3.63) is 29.8 Å². The highest BCUT2D eigenvalue weighted by Crippen LogP contribution is 2.25. The summed E-state index contributed by atoms with van der Waals surface area (Å²) in [5, 5.41) is 3.07. The first-order chi connectivity index (χ1) is 11.8.